The Labute approximate surface area is 95.2 Å². The molecular weight excluding hydrogens is 230 g/mol. The second kappa shape index (κ2) is 4.58. The van der Waals surface area contributed by atoms with Crippen LogP contribution in [-0.2, 0) is 10.2 Å². The molecule has 0 spiro atoms. The molecule has 0 heterocycles. The van der Waals surface area contributed by atoms with Gasteiger partial charge in [-0.15, -0.1) is 0 Å². The van der Waals surface area contributed by atoms with Crippen molar-refractivity contribution in [2.75, 3.05) is 31.7 Å². The second-order valence-corrected chi connectivity index (χ2v) is 5.23. The number of methoxy groups -OCH3 is 1. The van der Waals surface area contributed by atoms with Gasteiger partial charge in [0.25, 0.3) is 0 Å². The minimum Gasteiger partial charge on any atom is -0.494 e. The van der Waals surface area contributed by atoms with Crippen LogP contribution < -0.4 is 15.2 Å². The molecule has 0 radical (unpaired) electrons. The first kappa shape index (κ1) is 12.6. The van der Waals surface area contributed by atoms with Gasteiger partial charge in [-0.1, -0.05) is 0 Å². The number of nitrogens with two attached hydrogens (primary N) is 1. The summed E-state index contributed by atoms with van der Waals surface area (Å²) in [7, 11) is 0.786. The number of benzene rings is 1. The minimum atomic E-state index is -3.53. The Morgan fingerprint density at radius 1 is 1.38 bits per heavy atom. The normalized spacial score (nSPS) is 11.5. The summed E-state index contributed by atoms with van der Waals surface area (Å²) in [5.41, 5.74) is 6.42. The van der Waals surface area contributed by atoms with Crippen molar-refractivity contribution < 1.29 is 13.2 Å². The van der Waals surface area contributed by atoms with E-state index in [0.29, 0.717) is 17.1 Å². The Hall–Kier alpha value is -1.47. The Bertz CT molecular complexity index is 471. The second-order valence-electron chi connectivity index (χ2n) is 3.35. The Balaban J connectivity index is 3.07. The van der Waals surface area contributed by atoms with E-state index in [9.17, 15) is 8.42 Å². The minimum absolute atomic E-state index is 0.352. The molecule has 90 valence electrons. The molecule has 0 atom stereocenters. The van der Waals surface area contributed by atoms with E-state index in [1.807, 2.05) is 0 Å². The first-order chi connectivity index (χ1) is 7.36. The summed E-state index contributed by atoms with van der Waals surface area (Å²) in [6.45, 7) is 0. The lowest BCUT2D eigenvalue weighted by atomic mass is 10.2. The first-order valence-electron chi connectivity index (χ1n) is 4.50. The van der Waals surface area contributed by atoms with Crippen LogP contribution >= 0.6 is 0 Å². The maximum Gasteiger partial charge on any atom is 0.301 e. The highest BCUT2D eigenvalue weighted by Crippen LogP contribution is 2.27. The van der Waals surface area contributed by atoms with Gasteiger partial charge in [0.1, 0.15) is 5.75 Å². The van der Waals surface area contributed by atoms with Crippen LogP contribution in [0.1, 0.15) is 0 Å². The molecule has 3 N–H and O–H groups in total. The topological polar surface area (TPSA) is 84.7 Å². The quantitative estimate of drug-likeness (QED) is 0.756. The SMILES string of the molecule is COc1cc(N)ccc1NS(=O)(=O)N(C)C. The lowest BCUT2D eigenvalue weighted by Gasteiger charge is -2.15. The van der Waals surface area contributed by atoms with Gasteiger partial charge in [0.05, 0.1) is 12.8 Å². The van der Waals surface area contributed by atoms with Crippen LogP contribution in [0.3, 0.4) is 0 Å². The van der Waals surface area contributed by atoms with Crippen molar-refractivity contribution in [2.45, 2.75) is 0 Å². The fourth-order valence-electron chi connectivity index (χ4n) is 1.02. The third kappa shape index (κ3) is 2.77. The highest BCUT2D eigenvalue weighted by atomic mass is 32.2. The predicted octanol–water partition coefficient (Wildman–Crippen LogP) is 0.496. The monoisotopic (exact) mass is 245 g/mol. The summed E-state index contributed by atoms with van der Waals surface area (Å²) in [6.07, 6.45) is 0. The van der Waals surface area contributed by atoms with Gasteiger partial charge in [0.15, 0.2) is 0 Å². The number of hydrogen-bond donors (Lipinski definition) is 2. The molecule has 0 bridgehead atoms. The summed E-state index contributed by atoms with van der Waals surface area (Å²) >= 11 is 0. The van der Waals surface area contributed by atoms with Gasteiger partial charge in [0.2, 0.25) is 0 Å². The third-order valence-electron chi connectivity index (χ3n) is 1.95. The molecule has 0 saturated carbocycles. The van der Waals surface area contributed by atoms with E-state index in [2.05, 4.69) is 4.72 Å². The standard InChI is InChI=1S/C9H15N3O3S/c1-12(2)16(13,14)11-8-5-4-7(10)6-9(8)15-3/h4-6,11H,10H2,1-3H3. The highest BCUT2D eigenvalue weighted by molar-refractivity contribution is 7.90. The molecule has 0 unspecified atom stereocenters. The zero-order valence-corrected chi connectivity index (χ0v) is 10.2. The van der Waals surface area contributed by atoms with Gasteiger partial charge in [0, 0.05) is 25.8 Å². The average Bonchev–Trinajstić information content (AvgIpc) is 2.20. The molecule has 0 aliphatic heterocycles. The van der Waals surface area contributed by atoms with Crippen LogP contribution in [0, 0.1) is 0 Å². The fourth-order valence-corrected chi connectivity index (χ4v) is 1.65. The van der Waals surface area contributed by atoms with E-state index < -0.39 is 10.2 Å². The summed E-state index contributed by atoms with van der Waals surface area (Å²) in [5, 5.41) is 0. The van der Waals surface area contributed by atoms with Gasteiger partial charge in [-0.3, -0.25) is 4.72 Å². The number of nitrogen functional groups attached to an aromatic ring is 1. The number of hydrogen-bond acceptors (Lipinski definition) is 4. The van der Waals surface area contributed by atoms with Crippen LogP contribution in [0.2, 0.25) is 0 Å². The first-order valence-corrected chi connectivity index (χ1v) is 5.94. The van der Waals surface area contributed by atoms with Gasteiger partial charge >= 0.3 is 10.2 Å². The van der Waals surface area contributed by atoms with Crippen molar-refractivity contribution in [3.05, 3.63) is 18.2 Å². The van der Waals surface area contributed by atoms with Crippen molar-refractivity contribution in [1.82, 2.24) is 4.31 Å². The Morgan fingerprint density at radius 2 is 2.00 bits per heavy atom. The van der Waals surface area contributed by atoms with Crippen LogP contribution in [0.15, 0.2) is 18.2 Å². The summed E-state index contributed by atoms with van der Waals surface area (Å²) in [6, 6.07) is 4.69. The smallest absolute Gasteiger partial charge is 0.301 e. The van der Waals surface area contributed by atoms with Gasteiger partial charge < -0.3 is 10.5 Å². The number of nitrogens with zero attached hydrogens (tertiary/aromatic N) is 1. The van der Waals surface area contributed by atoms with Crippen molar-refractivity contribution >= 4 is 21.6 Å². The maximum absolute atomic E-state index is 11.6. The summed E-state index contributed by atoms with van der Waals surface area (Å²) in [5.74, 6) is 0.380. The van der Waals surface area contributed by atoms with E-state index in [-0.39, 0.29) is 0 Å². The Kier molecular flexibility index (Phi) is 3.61. The molecular formula is C9H15N3O3S. The fraction of sp³-hybridized carbons (Fsp3) is 0.333. The number of ether oxygens (including phenoxy) is 1. The molecule has 1 rings (SSSR count). The number of rotatable bonds is 4. The average molecular weight is 245 g/mol. The largest absolute Gasteiger partial charge is 0.494 e. The maximum atomic E-state index is 11.6. The number of anilines is 2. The zero-order chi connectivity index (χ0) is 12.3. The van der Waals surface area contributed by atoms with E-state index in [1.54, 1.807) is 18.2 Å². The van der Waals surface area contributed by atoms with Crippen molar-refractivity contribution in [3.63, 3.8) is 0 Å². The molecule has 1 aromatic rings. The Morgan fingerprint density at radius 3 is 2.50 bits per heavy atom. The zero-order valence-electron chi connectivity index (χ0n) is 9.39. The number of nitrogens with one attached hydrogen (secondary N) is 1. The van der Waals surface area contributed by atoms with Crippen molar-refractivity contribution in [3.8, 4) is 5.75 Å². The lowest BCUT2D eigenvalue weighted by Crippen LogP contribution is -2.29. The molecule has 0 aliphatic rings. The van der Waals surface area contributed by atoms with Crippen LogP contribution in [0.25, 0.3) is 0 Å². The molecule has 0 saturated heterocycles. The van der Waals surface area contributed by atoms with Crippen molar-refractivity contribution in [2.24, 2.45) is 0 Å². The molecule has 0 fully saturated rings. The summed E-state index contributed by atoms with van der Waals surface area (Å²) < 4.78 is 31.6. The molecule has 6 nitrogen and oxygen atoms in total. The molecule has 0 aromatic heterocycles. The summed E-state index contributed by atoms with van der Waals surface area (Å²) in [4.78, 5) is 0. The van der Waals surface area contributed by atoms with Crippen LogP contribution in [-0.4, -0.2) is 33.9 Å². The molecule has 0 amide bonds. The molecule has 1 aromatic carbocycles. The lowest BCUT2D eigenvalue weighted by molar-refractivity contribution is 0.417. The van der Waals surface area contributed by atoms with Crippen LogP contribution in [0.4, 0.5) is 11.4 Å². The van der Waals surface area contributed by atoms with E-state index >= 15 is 0 Å². The van der Waals surface area contributed by atoms with Gasteiger partial charge in [-0.25, -0.2) is 0 Å². The molecule has 7 heteroatoms. The van der Waals surface area contributed by atoms with Gasteiger partial charge in [-0.05, 0) is 12.1 Å². The molecule has 0 aliphatic carbocycles. The highest BCUT2D eigenvalue weighted by Gasteiger charge is 2.15. The van der Waals surface area contributed by atoms with E-state index in [0.717, 1.165) is 4.31 Å². The van der Waals surface area contributed by atoms with Crippen molar-refractivity contribution in [1.29, 1.82) is 0 Å². The van der Waals surface area contributed by atoms with Crippen LogP contribution in [0.5, 0.6) is 5.75 Å². The van der Waals surface area contributed by atoms with E-state index in [1.165, 1.54) is 21.2 Å². The molecule has 16 heavy (non-hydrogen) atoms. The predicted molar refractivity (Wildman–Crippen MR) is 63.6 cm³/mol. The van der Waals surface area contributed by atoms with E-state index in [4.69, 9.17) is 10.5 Å². The third-order valence-corrected chi connectivity index (χ3v) is 3.38. The van der Waals surface area contributed by atoms with Gasteiger partial charge in [-0.2, -0.15) is 12.7 Å².